The molecule has 0 aromatic heterocycles. The highest BCUT2D eigenvalue weighted by Gasteiger charge is 2.37. The number of hydrogen-bond acceptors (Lipinski definition) is 1. The third kappa shape index (κ3) is 2.95. The number of rotatable bonds is 2. The summed E-state index contributed by atoms with van der Waals surface area (Å²) in [5, 5.41) is 0. The maximum Gasteiger partial charge on any atom is 0.416 e. The van der Waals surface area contributed by atoms with Crippen molar-refractivity contribution in [3.05, 3.63) is 35.1 Å². The predicted octanol–water partition coefficient (Wildman–Crippen LogP) is 4.07. The number of nitrogens with two attached hydrogens (primary N) is 1. The second kappa shape index (κ2) is 5.45. The van der Waals surface area contributed by atoms with Crippen molar-refractivity contribution >= 4 is 12.4 Å². The molecule has 0 amide bonds. The molecule has 1 fully saturated rings. The van der Waals surface area contributed by atoms with Crippen molar-refractivity contribution in [3.63, 3.8) is 0 Å². The van der Waals surface area contributed by atoms with Gasteiger partial charge in [0.25, 0.3) is 0 Å². The normalized spacial score (nSPS) is 17.8. The smallest absolute Gasteiger partial charge is 0.324 e. The van der Waals surface area contributed by atoms with Gasteiger partial charge in [0.1, 0.15) is 5.82 Å². The highest BCUT2D eigenvalue weighted by Crippen LogP contribution is 2.41. The Morgan fingerprint density at radius 2 is 1.83 bits per heavy atom. The van der Waals surface area contributed by atoms with Crippen LogP contribution >= 0.6 is 12.4 Å². The molecule has 0 saturated heterocycles. The minimum absolute atomic E-state index is 0. The van der Waals surface area contributed by atoms with Crippen LogP contribution in [0.4, 0.5) is 17.6 Å². The topological polar surface area (TPSA) is 26.0 Å². The third-order valence-corrected chi connectivity index (χ3v) is 3.34. The van der Waals surface area contributed by atoms with E-state index in [1.165, 1.54) is 0 Å². The number of halogens is 5. The average Bonchev–Trinajstić information content (AvgIpc) is 2.13. The van der Waals surface area contributed by atoms with Gasteiger partial charge >= 0.3 is 6.18 Å². The summed E-state index contributed by atoms with van der Waals surface area (Å²) in [5.41, 5.74) is 4.88. The van der Waals surface area contributed by atoms with Crippen molar-refractivity contribution in [1.29, 1.82) is 0 Å². The molecule has 1 aliphatic carbocycles. The van der Waals surface area contributed by atoms with E-state index in [1.54, 1.807) is 0 Å². The summed E-state index contributed by atoms with van der Waals surface area (Å²) < 4.78 is 51.2. The van der Waals surface area contributed by atoms with Gasteiger partial charge in [0, 0.05) is 6.04 Å². The zero-order valence-corrected chi connectivity index (χ0v) is 10.3. The second-order valence-electron chi connectivity index (χ2n) is 4.45. The lowest BCUT2D eigenvalue weighted by Gasteiger charge is -2.32. The lowest BCUT2D eigenvalue weighted by molar-refractivity contribution is -0.138. The van der Waals surface area contributed by atoms with Crippen LogP contribution in [-0.2, 0) is 6.18 Å². The second-order valence-corrected chi connectivity index (χ2v) is 4.45. The Bertz CT molecular complexity index is 415. The van der Waals surface area contributed by atoms with E-state index in [2.05, 4.69) is 0 Å². The quantitative estimate of drug-likeness (QED) is 0.814. The Hall–Kier alpha value is -0.810. The Morgan fingerprint density at radius 1 is 1.22 bits per heavy atom. The summed E-state index contributed by atoms with van der Waals surface area (Å²) in [6.07, 6.45) is -1.87. The molecule has 0 heterocycles. The molecule has 0 aliphatic heterocycles. The first-order chi connectivity index (χ1) is 7.89. The standard InChI is InChI=1S/C12H13F4N.ClH/c13-8-4-5-9(10(6-8)12(14,15)16)11(17)7-2-1-3-7;/h4-7,11H,1-3,17H2;1H/t11-;/m1./s1. The molecule has 6 heteroatoms. The molecule has 1 aromatic rings. The monoisotopic (exact) mass is 283 g/mol. The molecule has 2 N–H and O–H groups in total. The highest BCUT2D eigenvalue weighted by atomic mass is 35.5. The zero-order chi connectivity index (χ0) is 12.6. The molecule has 102 valence electrons. The van der Waals surface area contributed by atoms with Crippen LogP contribution < -0.4 is 5.73 Å². The molecule has 18 heavy (non-hydrogen) atoms. The fourth-order valence-electron chi connectivity index (χ4n) is 2.12. The van der Waals surface area contributed by atoms with Gasteiger partial charge in [-0.15, -0.1) is 12.4 Å². The zero-order valence-electron chi connectivity index (χ0n) is 9.51. The summed E-state index contributed by atoms with van der Waals surface area (Å²) in [6.45, 7) is 0. The summed E-state index contributed by atoms with van der Waals surface area (Å²) in [6, 6.07) is 2.05. The molecule has 0 bridgehead atoms. The fraction of sp³-hybridized carbons (Fsp3) is 0.500. The van der Waals surface area contributed by atoms with Crippen LogP contribution in [0.25, 0.3) is 0 Å². The van der Waals surface area contributed by atoms with Crippen molar-refractivity contribution in [2.24, 2.45) is 11.7 Å². The van der Waals surface area contributed by atoms with E-state index >= 15 is 0 Å². The summed E-state index contributed by atoms with van der Waals surface area (Å²) in [4.78, 5) is 0. The van der Waals surface area contributed by atoms with Crippen molar-refractivity contribution in [3.8, 4) is 0 Å². The number of benzene rings is 1. The molecule has 1 saturated carbocycles. The van der Waals surface area contributed by atoms with Crippen molar-refractivity contribution in [2.45, 2.75) is 31.5 Å². The van der Waals surface area contributed by atoms with Crippen molar-refractivity contribution in [2.75, 3.05) is 0 Å². The van der Waals surface area contributed by atoms with E-state index in [9.17, 15) is 17.6 Å². The van der Waals surface area contributed by atoms with Crippen LogP contribution in [0.15, 0.2) is 18.2 Å². The van der Waals surface area contributed by atoms with Gasteiger partial charge in [0.15, 0.2) is 0 Å². The van der Waals surface area contributed by atoms with Crippen LogP contribution in [0.3, 0.4) is 0 Å². The van der Waals surface area contributed by atoms with E-state index in [-0.39, 0.29) is 23.9 Å². The largest absolute Gasteiger partial charge is 0.416 e. The van der Waals surface area contributed by atoms with Crippen LogP contribution in [0.5, 0.6) is 0 Å². The first-order valence-corrected chi connectivity index (χ1v) is 5.52. The molecule has 1 atom stereocenters. The lowest BCUT2D eigenvalue weighted by Crippen LogP contribution is -2.29. The SMILES string of the molecule is Cl.N[C@@H](c1ccc(F)cc1C(F)(F)F)C1CCC1. The van der Waals surface area contributed by atoms with E-state index in [1.807, 2.05) is 0 Å². The van der Waals surface area contributed by atoms with Gasteiger partial charge in [-0.2, -0.15) is 13.2 Å². The lowest BCUT2D eigenvalue weighted by atomic mass is 9.76. The van der Waals surface area contributed by atoms with Crippen molar-refractivity contribution < 1.29 is 17.6 Å². The molecule has 0 radical (unpaired) electrons. The van der Waals surface area contributed by atoms with Gasteiger partial charge in [0.2, 0.25) is 0 Å². The van der Waals surface area contributed by atoms with E-state index < -0.39 is 23.6 Å². The van der Waals surface area contributed by atoms with E-state index in [0.717, 1.165) is 31.4 Å². The maximum atomic E-state index is 12.9. The summed E-state index contributed by atoms with van der Waals surface area (Å²) in [7, 11) is 0. The van der Waals surface area contributed by atoms with Gasteiger partial charge in [0.05, 0.1) is 5.56 Å². The molecule has 2 rings (SSSR count). The molecule has 1 aliphatic rings. The van der Waals surface area contributed by atoms with Crippen LogP contribution in [-0.4, -0.2) is 0 Å². The Labute approximate surface area is 109 Å². The van der Waals surface area contributed by atoms with Crippen molar-refractivity contribution in [1.82, 2.24) is 0 Å². The highest BCUT2D eigenvalue weighted by molar-refractivity contribution is 5.85. The van der Waals surface area contributed by atoms with Gasteiger partial charge in [-0.1, -0.05) is 12.5 Å². The van der Waals surface area contributed by atoms with Gasteiger partial charge < -0.3 is 5.73 Å². The maximum absolute atomic E-state index is 12.9. The minimum atomic E-state index is -4.56. The summed E-state index contributed by atoms with van der Waals surface area (Å²) >= 11 is 0. The Kier molecular flexibility index (Phi) is 4.61. The fourth-order valence-corrected chi connectivity index (χ4v) is 2.12. The molecular weight excluding hydrogens is 270 g/mol. The first kappa shape index (κ1) is 15.2. The van der Waals surface area contributed by atoms with Gasteiger partial charge in [-0.05, 0) is 36.5 Å². The van der Waals surface area contributed by atoms with E-state index in [4.69, 9.17) is 5.73 Å². The predicted molar refractivity (Wildman–Crippen MR) is 62.9 cm³/mol. The molecular formula is C12H14ClF4N. The Balaban J connectivity index is 0.00000162. The molecule has 1 aromatic carbocycles. The molecule has 1 nitrogen and oxygen atoms in total. The minimum Gasteiger partial charge on any atom is -0.324 e. The summed E-state index contributed by atoms with van der Waals surface area (Å²) in [5.74, 6) is -0.802. The third-order valence-electron chi connectivity index (χ3n) is 3.34. The van der Waals surface area contributed by atoms with Crippen LogP contribution in [0.2, 0.25) is 0 Å². The average molecular weight is 284 g/mol. The molecule has 0 unspecified atom stereocenters. The first-order valence-electron chi connectivity index (χ1n) is 5.52. The number of alkyl halides is 3. The number of hydrogen-bond donors (Lipinski definition) is 1. The Morgan fingerprint density at radius 3 is 2.28 bits per heavy atom. The van der Waals surface area contributed by atoms with E-state index in [0.29, 0.717) is 6.07 Å². The van der Waals surface area contributed by atoms with Gasteiger partial charge in [-0.3, -0.25) is 0 Å². The molecule has 0 spiro atoms. The van der Waals surface area contributed by atoms with Gasteiger partial charge in [-0.25, -0.2) is 4.39 Å². The van der Waals surface area contributed by atoms with Crippen LogP contribution in [0, 0.1) is 11.7 Å². The van der Waals surface area contributed by atoms with Crippen LogP contribution in [0.1, 0.15) is 36.4 Å².